The third-order valence-corrected chi connectivity index (χ3v) is 12.6. The average Bonchev–Trinajstić information content (AvgIpc) is 3.81. The lowest BCUT2D eigenvalue weighted by Crippen LogP contribution is -2.61. The SMILES string of the molecule is CCC[C@H](NC(=O)[C@@H]1CN(C(=O)NC(=O)OCc2ccccc2)C[C@@H]1NC(=O)[C@@H](NC(=O)[C@@H](NC(=O)c1cnccn1)C1CCCCC1)C(C)(C)C)C(=O)C(=O)NCC(=O)N[C@@H](C(=O)N(C)C)c1ccccc1. The molecule has 392 valence electrons. The van der Waals surface area contributed by atoms with Crippen molar-refractivity contribution in [1.82, 2.24) is 57.0 Å². The van der Waals surface area contributed by atoms with Crippen molar-refractivity contribution < 1.29 is 52.7 Å². The van der Waals surface area contributed by atoms with E-state index in [-0.39, 0.29) is 37.7 Å². The van der Waals surface area contributed by atoms with Crippen molar-refractivity contribution in [2.45, 2.75) is 109 Å². The minimum Gasteiger partial charge on any atom is -0.444 e. The molecule has 3 aromatic rings. The molecule has 1 saturated carbocycles. The van der Waals surface area contributed by atoms with Crippen LogP contribution in [-0.4, -0.2) is 137 Å². The fraction of sp³-hybridized carbons (Fsp3) is 0.490. The van der Waals surface area contributed by atoms with Gasteiger partial charge in [0.25, 0.3) is 11.8 Å². The molecule has 2 fully saturated rings. The van der Waals surface area contributed by atoms with Crippen LogP contribution >= 0.6 is 0 Å². The van der Waals surface area contributed by atoms with Gasteiger partial charge in [-0.25, -0.2) is 19.9 Å². The van der Waals surface area contributed by atoms with Gasteiger partial charge in [-0.3, -0.25) is 43.3 Å². The molecule has 7 N–H and O–H groups in total. The molecule has 1 aliphatic heterocycles. The number of ether oxygens (including phenoxy) is 1. The molecule has 0 radical (unpaired) electrons. The van der Waals surface area contributed by atoms with Crippen LogP contribution in [0.15, 0.2) is 79.3 Å². The smallest absolute Gasteiger partial charge is 0.415 e. The number of alkyl carbamates (subject to hydrolysis) is 1. The number of urea groups is 1. The van der Waals surface area contributed by atoms with Crippen molar-refractivity contribution in [2.24, 2.45) is 17.3 Å². The first-order valence-electron chi connectivity index (χ1n) is 24.4. The Morgan fingerprint density at radius 2 is 1.48 bits per heavy atom. The molecule has 2 aromatic carbocycles. The molecule has 2 aliphatic rings. The summed E-state index contributed by atoms with van der Waals surface area (Å²) >= 11 is 0. The fourth-order valence-electron chi connectivity index (χ4n) is 8.62. The highest BCUT2D eigenvalue weighted by Crippen LogP contribution is 2.28. The van der Waals surface area contributed by atoms with Gasteiger partial charge < -0.3 is 46.4 Å². The van der Waals surface area contributed by atoms with E-state index in [1.165, 1.54) is 37.6 Å². The number of benzene rings is 2. The number of carbonyl (C=O) groups excluding carboxylic acids is 10. The van der Waals surface area contributed by atoms with Crippen molar-refractivity contribution >= 4 is 59.3 Å². The first-order valence-corrected chi connectivity index (χ1v) is 24.4. The summed E-state index contributed by atoms with van der Waals surface area (Å²) < 4.78 is 5.23. The van der Waals surface area contributed by atoms with Crippen molar-refractivity contribution in [3.05, 3.63) is 96.1 Å². The number of likely N-dealkylation sites (tertiary alicyclic amines) is 1. The van der Waals surface area contributed by atoms with E-state index in [0.717, 1.165) is 24.2 Å². The van der Waals surface area contributed by atoms with E-state index >= 15 is 0 Å². The summed E-state index contributed by atoms with van der Waals surface area (Å²) in [5.41, 5.74) is 0.189. The van der Waals surface area contributed by atoms with Gasteiger partial charge in [-0.15, -0.1) is 0 Å². The zero-order valence-corrected chi connectivity index (χ0v) is 42.1. The Bertz CT molecular complexity index is 2430. The van der Waals surface area contributed by atoms with Crippen molar-refractivity contribution in [1.29, 1.82) is 0 Å². The Balaban J connectivity index is 1.32. The van der Waals surface area contributed by atoms with E-state index in [9.17, 15) is 47.9 Å². The quantitative estimate of drug-likeness (QED) is 0.0799. The number of likely N-dealkylation sites (N-methyl/N-ethyl adjacent to an activating group) is 1. The second kappa shape index (κ2) is 26.6. The van der Waals surface area contributed by atoms with Crippen LogP contribution in [0.2, 0.25) is 0 Å². The minimum absolute atomic E-state index is 0.00264. The summed E-state index contributed by atoms with van der Waals surface area (Å²) in [6.07, 6.45) is 7.18. The third kappa shape index (κ3) is 16.4. The monoisotopic (exact) mass is 1010 g/mol. The van der Waals surface area contributed by atoms with Gasteiger partial charge >= 0.3 is 12.1 Å². The van der Waals surface area contributed by atoms with Gasteiger partial charge in [-0.1, -0.05) is 114 Å². The molecule has 22 nitrogen and oxygen atoms in total. The van der Waals surface area contributed by atoms with Gasteiger partial charge in [-0.2, -0.15) is 0 Å². The number of amides is 10. The van der Waals surface area contributed by atoms with Crippen LogP contribution in [0.4, 0.5) is 9.59 Å². The molecule has 1 aliphatic carbocycles. The molecule has 0 unspecified atom stereocenters. The van der Waals surface area contributed by atoms with E-state index in [1.54, 1.807) is 88.4 Å². The Hall–Kier alpha value is -7.78. The van der Waals surface area contributed by atoms with Crippen molar-refractivity contribution in [3.8, 4) is 0 Å². The molecule has 73 heavy (non-hydrogen) atoms. The second-order valence-corrected chi connectivity index (χ2v) is 19.4. The van der Waals surface area contributed by atoms with Crippen LogP contribution in [0.1, 0.15) is 100 Å². The van der Waals surface area contributed by atoms with Crippen molar-refractivity contribution in [3.63, 3.8) is 0 Å². The number of carbonyl (C=O) groups is 10. The van der Waals surface area contributed by atoms with E-state index in [1.807, 2.05) is 0 Å². The fourth-order valence-corrected chi connectivity index (χ4v) is 8.62. The van der Waals surface area contributed by atoms with Gasteiger partial charge in [0, 0.05) is 39.6 Å². The molecular weight excluding hydrogens is 943 g/mol. The Morgan fingerprint density at radius 1 is 0.808 bits per heavy atom. The first kappa shape index (κ1) is 56.1. The Morgan fingerprint density at radius 3 is 2.10 bits per heavy atom. The van der Waals surface area contributed by atoms with Gasteiger partial charge in [0.05, 0.1) is 30.7 Å². The summed E-state index contributed by atoms with van der Waals surface area (Å²) in [5.74, 6) is -7.84. The summed E-state index contributed by atoms with van der Waals surface area (Å²) in [6.45, 7) is 5.32. The van der Waals surface area contributed by atoms with Gasteiger partial charge in [0.2, 0.25) is 35.3 Å². The van der Waals surface area contributed by atoms with E-state index in [4.69, 9.17) is 4.74 Å². The highest BCUT2D eigenvalue weighted by atomic mass is 16.5. The largest absolute Gasteiger partial charge is 0.444 e. The van der Waals surface area contributed by atoms with Crippen molar-refractivity contribution in [2.75, 3.05) is 33.7 Å². The molecule has 0 spiro atoms. The lowest BCUT2D eigenvalue weighted by molar-refractivity contribution is -0.141. The predicted molar refractivity (Wildman–Crippen MR) is 264 cm³/mol. The Kier molecular flexibility index (Phi) is 20.5. The maximum atomic E-state index is 14.5. The Labute approximate surface area is 424 Å². The number of rotatable bonds is 20. The molecule has 22 heteroatoms. The van der Waals surface area contributed by atoms with Crippen LogP contribution in [0, 0.1) is 17.3 Å². The molecule has 6 atom stereocenters. The highest BCUT2D eigenvalue weighted by Gasteiger charge is 2.45. The number of hydrogen-bond acceptors (Lipinski definition) is 13. The van der Waals surface area contributed by atoms with Crippen LogP contribution in [-0.2, 0) is 44.9 Å². The van der Waals surface area contributed by atoms with Gasteiger partial charge in [0.15, 0.2) is 0 Å². The highest BCUT2D eigenvalue weighted by molar-refractivity contribution is 6.38. The summed E-state index contributed by atoms with van der Waals surface area (Å²) in [6, 6.07) is 10.2. The number of Topliss-reactive ketones (excluding diaryl/α,β-unsaturated/α-hetero) is 1. The predicted octanol–water partition coefficient (Wildman–Crippen LogP) is 2.07. The number of ketones is 1. The van der Waals surface area contributed by atoms with Crippen LogP contribution < -0.4 is 37.2 Å². The third-order valence-electron chi connectivity index (χ3n) is 12.6. The minimum atomic E-state index is -1.42. The normalized spacial score (nSPS) is 17.3. The molecule has 2 heterocycles. The second-order valence-electron chi connectivity index (χ2n) is 19.4. The standard InChI is InChI=1S/C51H67N11O11/c1-7-17-35(41(64)46(68)54-27-38(63)57-40(48(70)61(5)6)33-22-15-10-16-23-33)55-43(65)34-28-62(49(71)60-50(72)73-30-31-18-11-8-12-19-31)29-37(34)56-47(69)42(51(2,3)4)59-45(67)39(32-20-13-9-14-21-32)58-44(66)36-26-52-24-25-53-36/h8,10-12,15-16,18-19,22-26,32,34-35,37,39-40,42H,7,9,13-14,17,20-21,27-30H2,1-6H3,(H,54,68)(H,55,65)(H,56,69)(H,57,63)(H,58,66)(H,59,67)(H,60,71,72)/t34-,35+,37+,39+,40-,42-/m1/s1. The average molecular weight is 1010 g/mol. The first-order chi connectivity index (χ1) is 34.8. The van der Waals surface area contributed by atoms with E-state index in [0.29, 0.717) is 30.4 Å². The summed E-state index contributed by atoms with van der Waals surface area (Å²) in [5, 5.41) is 18.1. The number of imide groups is 1. The zero-order valence-electron chi connectivity index (χ0n) is 42.1. The maximum absolute atomic E-state index is 14.5. The number of nitrogens with one attached hydrogen (secondary N) is 7. The maximum Gasteiger partial charge on any atom is 0.415 e. The number of nitrogens with zero attached hydrogens (tertiary/aromatic N) is 4. The molecule has 0 bridgehead atoms. The molecular formula is C51H67N11O11. The van der Waals surface area contributed by atoms with Crippen LogP contribution in [0.5, 0.6) is 0 Å². The van der Waals surface area contributed by atoms with E-state index in [2.05, 4.69) is 47.2 Å². The lowest BCUT2D eigenvalue weighted by Gasteiger charge is -2.35. The molecule has 10 amide bonds. The molecule has 1 saturated heterocycles. The van der Waals surface area contributed by atoms with Crippen LogP contribution in [0.25, 0.3) is 0 Å². The topological polar surface area (TPSA) is 296 Å². The lowest BCUT2D eigenvalue weighted by atomic mass is 9.82. The van der Waals surface area contributed by atoms with Crippen LogP contribution in [0.3, 0.4) is 0 Å². The number of hydrogen-bond donors (Lipinski definition) is 7. The molecule has 1 aromatic heterocycles. The number of aromatic nitrogens is 2. The zero-order chi connectivity index (χ0) is 53.2. The molecule has 5 rings (SSSR count). The van der Waals surface area contributed by atoms with Gasteiger partial charge in [0.1, 0.15) is 30.4 Å². The summed E-state index contributed by atoms with van der Waals surface area (Å²) in [7, 11) is 3.05. The summed E-state index contributed by atoms with van der Waals surface area (Å²) in [4.78, 5) is 146. The van der Waals surface area contributed by atoms with E-state index < -0.39 is 107 Å². The van der Waals surface area contributed by atoms with Gasteiger partial charge in [-0.05, 0) is 41.7 Å².